The molecule has 35 heavy (non-hydrogen) atoms. The van der Waals surface area contributed by atoms with Crippen molar-refractivity contribution in [3.63, 3.8) is 0 Å². The van der Waals surface area contributed by atoms with Gasteiger partial charge in [0, 0.05) is 49.1 Å². The van der Waals surface area contributed by atoms with E-state index in [2.05, 4.69) is 39.6 Å². The van der Waals surface area contributed by atoms with Gasteiger partial charge in [-0.3, -0.25) is 9.79 Å². The zero-order chi connectivity index (χ0) is 26.3. The van der Waals surface area contributed by atoms with E-state index in [4.69, 9.17) is 9.47 Å². The number of aliphatic imine (C=N–C) groups is 1. The van der Waals surface area contributed by atoms with Crippen LogP contribution in [0.25, 0.3) is 5.57 Å². The molecule has 0 aromatic carbocycles. The summed E-state index contributed by atoms with van der Waals surface area (Å²) in [5.41, 5.74) is 2.12. The minimum atomic E-state index is -0.635. The second-order valence-electron chi connectivity index (χ2n) is 9.53. The Hall–Kier alpha value is -2.93. The monoisotopic (exact) mass is 484 g/mol. The van der Waals surface area contributed by atoms with E-state index in [-0.39, 0.29) is 35.3 Å². The van der Waals surface area contributed by atoms with Gasteiger partial charge in [-0.25, -0.2) is 4.79 Å². The topological polar surface area (TPSA) is 90.1 Å². The fraction of sp³-hybridized carbons (Fsp3) is 0.536. The Morgan fingerprint density at radius 1 is 1.23 bits per heavy atom. The normalized spacial score (nSPS) is 18.3. The molecule has 1 heterocycles. The first-order chi connectivity index (χ1) is 16.6. The van der Waals surface area contributed by atoms with Crippen LogP contribution in [0.1, 0.15) is 76.5 Å². The number of esters is 1. The number of ether oxygens (including phenoxy) is 2. The second kappa shape index (κ2) is 12.2. The van der Waals surface area contributed by atoms with Gasteiger partial charge in [0.1, 0.15) is 17.0 Å². The minimum Gasteiger partial charge on any atom is -0.506 e. The molecule has 0 aliphatic heterocycles. The van der Waals surface area contributed by atoms with Crippen molar-refractivity contribution in [1.29, 1.82) is 0 Å². The molecule has 0 spiro atoms. The average molecular weight is 485 g/mol. The van der Waals surface area contributed by atoms with Crippen molar-refractivity contribution in [3.05, 3.63) is 63.3 Å². The number of aliphatic hydroxyl groups excluding tert-OH is 1. The molecule has 1 aliphatic carbocycles. The lowest BCUT2D eigenvalue weighted by Crippen LogP contribution is -2.34. The highest BCUT2D eigenvalue weighted by molar-refractivity contribution is 6.18. The van der Waals surface area contributed by atoms with Crippen LogP contribution in [-0.2, 0) is 9.47 Å². The Labute approximate surface area is 208 Å². The van der Waals surface area contributed by atoms with E-state index in [1.165, 1.54) is 6.07 Å². The Morgan fingerprint density at radius 2 is 1.91 bits per heavy atom. The summed E-state index contributed by atoms with van der Waals surface area (Å²) in [6, 6.07) is 1.44. The zero-order valence-corrected chi connectivity index (χ0v) is 22.3. The number of allylic oxidation sites excluding steroid dienone is 5. The molecule has 1 aliphatic rings. The number of methoxy groups -OCH3 is 1. The predicted molar refractivity (Wildman–Crippen MR) is 141 cm³/mol. The molecule has 7 nitrogen and oxygen atoms in total. The number of aliphatic hydroxyl groups is 1. The van der Waals surface area contributed by atoms with Crippen LogP contribution < -0.4 is 5.43 Å². The fourth-order valence-electron chi connectivity index (χ4n) is 4.82. The van der Waals surface area contributed by atoms with Crippen molar-refractivity contribution in [3.8, 4) is 0 Å². The summed E-state index contributed by atoms with van der Waals surface area (Å²) in [6.07, 6.45) is 8.48. The molecule has 1 aromatic heterocycles. The molecule has 7 heteroatoms. The van der Waals surface area contributed by atoms with E-state index >= 15 is 0 Å². The fourth-order valence-corrected chi connectivity index (χ4v) is 4.82. The van der Waals surface area contributed by atoms with Gasteiger partial charge in [0.25, 0.3) is 0 Å². The van der Waals surface area contributed by atoms with Crippen molar-refractivity contribution in [2.45, 2.75) is 60.4 Å². The number of carbonyl (C=O) groups excluding carboxylic acids is 1. The van der Waals surface area contributed by atoms with Crippen LogP contribution in [-0.4, -0.2) is 48.7 Å². The maximum absolute atomic E-state index is 13.2. The highest BCUT2D eigenvalue weighted by Crippen LogP contribution is 2.39. The van der Waals surface area contributed by atoms with Gasteiger partial charge >= 0.3 is 5.97 Å². The van der Waals surface area contributed by atoms with E-state index in [9.17, 15) is 14.7 Å². The number of nitrogens with zero attached hydrogens (tertiary/aromatic N) is 2. The highest BCUT2D eigenvalue weighted by Gasteiger charge is 2.33. The lowest BCUT2D eigenvalue weighted by atomic mass is 9.81. The van der Waals surface area contributed by atoms with Crippen LogP contribution in [0.2, 0.25) is 0 Å². The van der Waals surface area contributed by atoms with Gasteiger partial charge in [-0.1, -0.05) is 46.8 Å². The first-order valence-electron chi connectivity index (χ1n) is 12.3. The van der Waals surface area contributed by atoms with Gasteiger partial charge in [-0.15, -0.1) is 0 Å². The number of carbonyl (C=O) groups is 1. The lowest BCUT2D eigenvalue weighted by molar-refractivity contribution is 0.0515. The second-order valence-corrected chi connectivity index (χ2v) is 9.53. The zero-order valence-electron chi connectivity index (χ0n) is 22.3. The molecule has 2 unspecified atom stereocenters. The molecule has 2 rings (SSSR count). The number of rotatable bonds is 10. The van der Waals surface area contributed by atoms with Gasteiger partial charge in [0.2, 0.25) is 0 Å². The van der Waals surface area contributed by atoms with E-state index in [0.29, 0.717) is 18.0 Å². The SMILES string of the molecule is CCOC(=O)c1cn(C(CC)C(C)(C)COC)c(/C(=C2\C=CC=C(O)C2=NC)C(C)CC)cc1=O. The molecular weight excluding hydrogens is 444 g/mol. The standard InChI is InChI=1S/C28H40N2O5/c1-9-18(4)25(19-13-12-14-22(31)26(19)29-7)21-15-23(32)20(27(33)35-11-3)16-30(21)24(10-2)28(5,6)17-34-8/h12-16,18,24,31H,9-11,17H2,1-8H3/b25-19+,29-26?. The lowest BCUT2D eigenvalue weighted by Gasteiger charge is -2.38. The van der Waals surface area contributed by atoms with Gasteiger partial charge in [0.05, 0.1) is 13.2 Å². The Morgan fingerprint density at radius 3 is 2.46 bits per heavy atom. The Balaban J connectivity index is 3.01. The third-order valence-corrected chi connectivity index (χ3v) is 6.63. The number of pyridine rings is 1. The minimum absolute atomic E-state index is 0.00193. The van der Waals surface area contributed by atoms with E-state index in [1.807, 2.05) is 10.6 Å². The van der Waals surface area contributed by atoms with E-state index in [1.54, 1.807) is 39.4 Å². The third kappa shape index (κ3) is 6.01. The van der Waals surface area contributed by atoms with Crippen molar-refractivity contribution >= 4 is 17.3 Å². The smallest absolute Gasteiger partial charge is 0.343 e. The van der Waals surface area contributed by atoms with Crippen LogP contribution in [0.4, 0.5) is 0 Å². The summed E-state index contributed by atoms with van der Waals surface area (Å²) >= 11 is 0. The molecule has 0 radical (unpaired) electrons. The van der Waals surface area contributed by atoms with E-state index in [0.717, 1.165) is 24.0 Å². The molecule has 1 aromatic rings. The van der Waals surface area contributed by atoms with Gasteiger partial charge < -0.3 is 19.1 Å². The Bertz CT molecular complexity index is 1100. The molecule has 0 bridgehead atoms. The van der Waals surface area contributed by atoms with Crippen LogP contribution in [0, 0.1) is 11.3 Å². The molecule has 2 atom stereocenters. The van der Waals surface area contributed by atoms with Crippen molar-refractivity contribution < 1.29 is 19.4 Å². The van der Waals surface area contributed by atoms with Gasteiger partial charge in [-0.05, 0) is 37.3 Å². The Kier molecular flexibility index (Phi) is 9.83. The van der Waals surface area contributed by atoms with Gasteiger partial charge in [-0.2, -0.15) is 0 Å². The van der Waals surface area contributed by atoms with Crippen LogP contribution in [0.5, 0.6) is 0 Å². The van der Waals surface area contributed by atoms with Crippen molar-refractivity contribution in [2.75, 3.05) is 27.4 Å². The van der Waals surface area contributed by atoms with Crippen molar-refractivity contribution in [2.24, 2.45) is 16.3 Å². The summed E-state index contributed by atoms with van der Waals surface area (Å²) in [6.45, 7) is 12.9. The van der Waals surface area contributed by atoms with Crippen LogP contribution in [0.15, 0.2) is 51.6 Å². The maximum Gasteiger partial charge on any atom is 0.343 e. The number of hydrogen-bond acceptors (Lipinski definition) is 6. The van der Waals surface area contributed by atoms with Crippen molar-refractivity contribution in [1.82, 2.24) is 4.57 Å². The highest BCUT2D eigenvalue weighted by atomic mass is 16.5. The average Bonchev–Trinajstić information content (AvgIpc) is 2.80. The quantitative estimate of drug-likeness (QED) is 0.441. The summed E-state index contributed by atoms with van der Waals surface area (Å²) < 4.78 is 12.7. The summed E-state index contributed by atoms with van der Waals surface area (Å²) in [7, 11) is 3.31. The predicted octanol–water partition coefficient (Wildman–Crippen LogP) is 5.53. The first-order valence-corrected chi connectivity index (χ1v) is 12.3. The van der Waals surface area contributed by atoms with Crippen LogP contribution >= 0.6 is 0 Å². The molecule has 192 valence electrons. The molecule has 1 N–H and O–H groups in total. The summed E-state index contributed by atoms with van der Waals surface area (Å²) in [5, 5.41) is 10.5. The van der Waals surface area contributed by atoms with Gasteiger partial charge in [0.15, 0.2) is 5.43 Å². The maximum atomic E-state index is 13.2. The molecular formula is C28H40N2O5. The summed E-state index contributed by atoms with van der Waals surface area (Å²) in [4.78, 5) is 30.3. The molecule has 0 saturated heterocycles. The van der Waals surface area contributed by atoms with Crippen LogP contribution in [0.3, 0.4) is 0 Å². The molecule has 0 fully saturated rings. The first kappa shape index (κ1) is 28.3. The molecule has 0 amide bonds. The summed E-state index contributed by atoms with van der Waals surface area (Å²) in [5.74, 6) is -0.516. The largest absolute Gasteiger partial charge is 0.506 e. The third-order valence-electron chi connectivity index (χ3n) is 6.63. The van der Waals surface area contributed by atoms with E-state index < -0.39 is 11.4 Å². The number of aromatic nitrogens is 1. The number of hydrogen-bond donors (Lipinski definition) is 1. The molecule has 0 saturated carbocycles.